The van der Waals surface area contributed by atoms with Crippen molar-refractivity contribution in [1.29, 1.82) is 0 Å². The zero-order valence-electron chi connectivity index (χ0n) is 7.95. The van der Waals surface area contributed by atoms with Gasteiger partial charge >= 0.3 is 5.97 Å². The molecule has 0 heterocycles. The number of hydrogen-bond donors (Lipinski definition) is 1. The summed E-state index contributed by atoms with van der Waals surface area (Å²) >= 11 is 3.35. The van der Waals surface area contributed by atoms with Crippen molar-refractivity contribution in [3.8, 4) is 0 Å². The van der Waals surface area contributed by atoms with Crippen LogP contribution in [-0.2, 0) is 9.53 Å². The molecule has 0 bridgehead atoms. The van der Waals surface area contributed by atoms with E-state index in [0.717, 1.165) is 10.0 Å². The van der Waals surface area contributed by atoms with Crippen LogP contribution in [0.2, 0.25) is 0 Å². The maximum Gasteiger partial charge on any atom is 0.337 e. The topological polar surface area (TPSA) is 46.5 Å². The first-order chi connectivity index (χ1) is 6.56. The molecule has 0 saturated heterocycles. The van der Waals surface area contributed by atoms with Crippen LogP contribution in [0.1, 0.15) is 17.2 Å². The summed E-state index contributed by atoms with van der Waals surface area (Å²) in [6, 6.07) is 5.35. The molecule has 0 aromatic heterocycles. The Kier molecular flexibility index (Phi) is 3.66. The predicted molar refractivity (Wildman–Crippen MR) is 56.3 cm³/mol. The summed E-state index contributed by atoms with van der Waals surface area (Å²) in [5.41, 5.74) is 1.64. The van der Waals surface area contributed by atoms with Crippen LogP contribution in [0.4, 0.5) is 0 Å². The molecule has 1 N–H and O–H groups in total. The summed E-state index contributed by atoms with van der Waals surface area (Å²) < 4.78 is 5.84. The van der Waals surface area contributed by atoms with Crippen LogP contribution in [0.25, 0.3) is 0 Å². The van der Waals surface area contributed by atoms with Gasteiger partial charge in [-0.1, -0.05) is 28.1 Å². The Hall–Kier alpha value is -0.870. The maximum atomic E-state index is 10.8. The standard InChI is InChI=1S/C10H11BrO3/c1-6-5-7(3-4-8(6)11)9(14-2)10(12)13/h3-5,9H,1-2H3,(H,12,13). The minimum absolute atomic E-state index is 0.653. The van der Waals surface area contributed by atoms with Crippen LogP contribution in [0, 0.1) is 6.92 Å². The summed E-state index contributed by atoms with van der Waals surface area (Å²) in [6.07, 6.45) is -0.887. The number of carbonyl (C=O) groups is 1. The van der Waals surface area contributed by atoms with Crippen LogP contribution in [0.15, 0.2) is 22.7 Å². The third kappa shape index (κ3) is 2.33. The van der Waals surface area contributed by atoms with Crippen LogP contribution >= 0.6 is 15.9 Å². The van der Waals surface area contributed by atoms with Crippen molar-refractivity contribution in [2.75, 3.05) is 7.11 Å². The van der Waals surface area contributed by atoms with E-state index in [1.807, 2.05) is 13.0 Å². The summed E-state index contributed by atoms with van der Waals surface area (Å²) in [6.45, 7) is 1.90. The maximum absolute atomic E-state index is 10.8. The minimum atomic E-state index is -0.978. The van der Waals surface area contributed by atoms with E-state index >= 15 is 0 Å². The van der Waals surface area contributed by atoms with Crippen molar-refractivity contribution in [2.45, 2.75) is 13.0 Å². The van der Waals surface area contributed by atoms with Crippen molar-refractivity contribution >= 4 is 21.9 Å². The number of ether oxygens (including phenoxy) is 1. The molecule has 0 radical (unpaired) electrons. The second-order valence-electron chi connectivity index (χ2n) is 2.96. The Morgan fingerprint density at radius 2 is 2.21 bits per heavy atom. The van der Waals surface area contributed by atoms with E-state index < -0.39 is 12.1 Å². The molecule has 14 heavy (non-hydrogen) atoms. The molecule has 3 nitrogen and oxygen atoms in total. The van der Waals surface area contributed by atoms with Gasteiger partial charge in [0.1, 0.15) is 0 Å². The molecule has 0 aliphatic heterocycles. The average molecular weight is 259 g/mol. The lowest BCUT2D eigenvalue weighted by Crippen LogP contribution is -2.13. The first-order valence-corrected chi connectivity index (χ1v) is 4.87. The number of aryl methyl sites for hydroxylation is 1. The Bertz CT molecular complexity index is 349. The molecular formula is C10H11BrO3. The van der Waals surface area contributed by atoms with Gasteiger partial charge in [-0.15, -0.1) is 0 Å². The molecule has 1 aromatic carbocycles. The zero-order chi connectivity index (χ0) is 10.7. The highest BCUT2D eigenvalue weighted by Gasteiger charge is 2.18. The molecule has 0 fully saturated rings. The predicted octanol–water partition coefficient (Wildman–Crippen LogP) is 2.53. The lowest BCUT2D eigenvalue weighted by molar-refractivity contribution is -0.148. The first kappa shape index (κ1) is 11.2. The fourth-order valence-corrected chi connectivity index (χ4v) is 1.46. The van der Waals surface area contributed by atoms with Crippen LogP contribution < -0.4 is 0 Å². The summed E-state index contributed by atoms with van der Waals surface area (Å²) in [5.74, 6) is -0.978. The van der Waals surface area contributed by atoms with Crippen LogP contribution in [0.5, 0.6) is 0 Å². The average Bonchev–Trinajstić information content (AvgIpc) is 2.11. The fraction of sp³-hybridized carbons (Fsp3) is 0.300. The van der Waals surface area contributed by atoms with Gasteiger partial charge in [-0.3, -0.25) is 0 Å². The van der Waals surface area contributed by atoms with Gasteiger partial charge in [0, 0.05) is 11.6 Å². The van der Waals surface area contributed by atoms with Gasteiger partial charge < -0.3 is 9.84 Å². The molecule has 0 saturated carbocycles. The Balaban J connectivity index is 3.06. The Morgan fingerprint density at radius 1 is 1.57 bits per heavy atom. The molecule has 0 aliphatic carbocycles. The molecule has 0 aliphatic rings. The van der Waals surface area contributed by atoms with Gasteiger partial charge in [0.15, 0.2) is 6.10 Å². The van der Waals surface area contributed by atoms with Gasteiger partial charge in [-0.05, 0) is 24.1 Å². The van der Waals surface area contributed by atoms with Gasteiger partial charge in [-0.25, -0.2) is 4.79 Å². The number of carboxylic acid groups (broad SMARTS) is 1. The van der Waals surface area contributed by atoms with Gasteiger partial charge in [-0.2, -0.15) is 0 Å². The molecule has 76 valence electrons. The normalized spacial score (nSPS) is 12.5. The van der Waals surface area contributed by atoms with Crippen molar-refractivity contribution in [3.63, 3.8) is 0 Å². The number of hydrogen-bond acceptors (Lipinski definition) is 2. The van der Waals surface area contributed by atoms with E-state index in [2.05, 4.69) is 15.9 Å². The zero-order valence-corrected chi connectivity index (χ0v) is 9.54. The molecule has 0 spiro atoms. The first-order valence-electron chi connectivity index (χ1n) is 4.08. The lowest BCUT2D eigenvalue weighted by Gasteiger charge is -2.11. The molecule has 4 heteroatoms. The summed E-state index contributed by atoms with van der Waals surface area (Å²) in [7, 11) is 1.39. The van der Waals surface area contributed by atoms with Gasteiger partial charge in [0.05, 0.1) is 0 Å². The van der Waals surface area contributed by atoms with Crippen molar-refractivity contribution < 1.29 is 14.6 Å². The highest BCUT2D eigenvalue weighted by molar-refractivity contribution is 9.10. The molecule has 1 aromatic rings. The summed E-state index contributed by atoms with van der Waals surface area (Å²) in [4.78, 5) is 10.8. The van der Waals surface area contributed by atoms with E-state index in [-0.39, 0.29) is 0 Å². The van der Waals surface area contributed by atoms with Gasteiger partial charge in [0.25, 0.3) is 0 Å². The smallest absolute Gasteiger partial charge is 0.337 e. The Labute approximate surface area is 90.8 Å². The van der Waals surface area contributed by atoms with Crippen molar-refractivity contribution in [3.05, 3.63) is 33.8 Å². The number of carboxylic acids is 1. The number of rotatable bonds is 3. The monoisotopic (exact) mass is 258 g/mol. The number of methoxy groups -OCH3 is 1. The third-order valence-electron chi connectivity index (χ3n) is 1.94. The third-order valence-corrected chi connectivity index (χ3v) is 2.83. The fourth-order valence-electron chi connectivity index (χ4n) is 1.21. The van der Waals surface area contributed by atoms with Crippen LogP contribution in [0.3, 0.4) is 0 Å². The summed E-state index contributed by atoms with van der Waals surface area (Å²) in [5, 5.41) is 8.85. The van der Waals surface area contributed by atoms with Crippen LogP contribution in [-0.4, -0.2) is 18.2 Å². The minimum Gasteiger partial charge on any atom is -0.479 e. The molecule has 1 rings (SSSR count). The number of benzene rings is 1. The van der Waals surface area contributed by atoms with E-state index in [4.69, 9.17) is 9.84 Å². The second kappa shape index (κ2) is 4.57. The molecular weight excluding hydrogens is 248 g/mol. The van der Waals surface area contributed by atoms with Crippen molar-refractivity contribution in [1.82, 2.24) is 0 Å². The van der Waals surface area contributed by atoms with Crippen molar-refractivity contribution in [2.24, 2.45) is 0 Å². The van der Waals surface area contributed by atoms with E-state index in [0.29, 0.717) is 5.56 Å². The number of aliphatic carboxylic acids is 1. The number of halogens is 1. The van der Waals surface area contributed by atoms with E-state index in [1.165, 1.54) is 7.11 Å². The van der Waals surface area contributed by atoms with Gasteiger partial charge in [0.2, 0.25) is 0 Å². The lowest BCUT2D eigenvalue weighted by atomic mass is 10.1. The molecule has 1 unspecified atom stereocenters. The van der Waals surface area contributed by atoms with E-state index in [9.17, 15) is 4.79 Å². The highest BCUT2D eigenvalue weighted by Crippen LogP contribution is 2.23. The largest absolute Gasteiger partial charge is 0.479 e. The molecule has 1 atom stereocenters. The highest BCUT2D eigenvalue weighted by atomic mass is 79.9. The second-order valence-corrected chi connectivity index (χ2v) is 3.82. The Morgan fingerprint density at radius 3 is 2.64 bits per heavy atom. The quantitative estimate of drug-likeness (QED) is 0.907. The molecule has 0 amide bonds. The SMILES string of the molecule is COC(C(=O)O)c1ccc(Br)c(C)c1. The van der Waals surface area contributed by atoms with E-state index in [1.54, 1.807) is 12.1 Å².